The summed E-state index contributed by atoms with van der Waals surface area (Å²) in [7, 11) is 1.85. The molecule has 0 amide bonds. The van der Waals surface area contributed by atoms with E-state index in [0.717, 1.165) is 12.5 Å². The first-order valence-corrected chi connectivity index (χ1v) is 5.06. The number of methoxy groups -OCH3 is 1. The van der Waals surface area contributed by atoms with Crippen LogP contribution in [0.15, 0.2) is 0 Å². The lowest BCUT2D eigenvalue weighted by Gasteiger charge is -2.31. The zero-order valence-electron chi connectivity index (χ0n) is 7.88. The Kier molecular flexibility index (Phi) is 2.13. The highest BCUT2D eigenvalue weighted by Crippen LogP contribution is 2.61. The zero-order chi connectivity index (χ0) is 8.60. The maximum absolute atomic E-state index is 5.70. The standard InChI is InChI=1S/C10H19NO/c1-12-9-4-2-3-5-10(9)6-8(10)7-11/h8-9H,2-7,11H2,1H3. The molecule has 0 aliphatic heterocycles. The topological polar surface area (TPSA) is 35.2 Å². The highest BCUT2D eigenvalue weighted by Gasteiger charge is 2.58. The van der Waals surface area contributed by atoms with Gasteiger partial charge in [-0.05, 0) is 31.7 Å². The Balaban J connectivity index is 2.02. The summed E-state index contributed by atoms with van der Waals surface area (Å²) in [4.78, 5) is 0. The van der Waals surface area contributed by atoms with Crippen LogP contribution in [-0.2, 0) is 4.74 Å². The number of hydrogen-bond acceptors (Lipinski definition) is 2. The largest absolute Gasteiger partial charge is 0.381 e. The van der Waals surface area contributed by atoms with Gasteiger partial charge in [-0.2, -0.15) is 0 Å². The number of nitrogens with two attached hydrogens (primary N) is 1. The van der Waals surface area contributed by atoms with Crippen LogP contribution in [0.5, 0.6) is 0 Å². The van der Waals surface area contributed by atoms with Crippen LogP contribution in [0.2, 0.25) is 0 Å². The maximum atomic E-state index is 5.70. The Morgan fingerprint density at radius 3 is 2.92 bits per heavy atom. The van der Waals surface area contributed by atoms with Gasteiger partial charge in [0.2, 0.25) is 0 Å². The number of hydrogen-bond donors (Lipinski definition) is 1. The van der Waals surface area contributed by atoms with Crippen molar-refractivity contribution in [1.82, 2.24) is 0 Å². The number of ether oxygens (including phenoxy) is 1. The molecule has 2 rings (SSSR count). The van der Waals surface area contributed by atoms with Gasteiger partial charge < -0.3 is 10.5 Å². The second-order valence-corrected chi connectivity index (χ2v) is 4.34. The normalized spacial score (nSPS) is 46.5. The molecule has 3 unspecified atom stereocenters. The molecule has 0 heterocycles. The van der Waals surface area contributed by atoms with E-state index in [0.29, 0.717) is 11.5 Å². The molecule has 2 fully saturated rings. The fourth-order valence-electron chi connectivity index (χ4n) is 3.00. The van der Waals surface area contributed by atoms with E-state index in [1.165, 1.54) is 32.1 Å². The minimum absolute atomic E-state index is 0.514. The van der Waals surface area contributed by atoms with Crippen LogP contribution >= 0.6 is 0 Å². The molecule has 0 aromatic rings. The maximum Gasteiger partial charge on any atom is 0.0630 e. The molecule has 0 radical (unpaired) electrons. The molecule has 2 saturated carbocycles. The minimum Gasteiger partial charge on any atom is -0.381 e. The summed E-state index contributed by atoms with van der Waals surface area (Å²) < 4.78 is 5.55. The summed E-state index contributed by atoms with van der Waals surface area (Å²) in [6, 6.07) is 0. The van der Waals surface area contributed by atoms with Crippen molar-refractivity contribution in [2.75, 3.05) is 13.7 Å². The van der Waals surface area contributed by atoms with E-state index < -0.39 is 0 Å². The monoisotopic (exact) mass is 169 g/mol. The van der Waals surface area contributed by atoms with Crippen molar-refractivity contribution in [3.8, 4) is 0 Å². The highest BCUT2D eigenvalue weighted by molar-refractivity contribution is 5.08. The van der Waals surface area contributed by atoms with Gasteiger partial charge in [0.15, 0.2) is 0 Å². The van der Waals surface area contributed by atoms with Crippen molar-refractivity contribution in [3.63, 3.8) is 0 Å². The van der Waals surface area contributed by atoms with E-state index in [1.807, 2.05) is 7.11 Å². The molecule has 2 aliphatic carbocycles. The molecule has 1 spiro atoms. The van der Waals surface area contributed by atoms with Crippen LogP contribution in [0.3, 0.4) is 0 Å². The van der Waals surface area contributed by atoms with E-state index >= 15 is 0 Å². The van der Waals surface area contributed by atoms with Gasteiger partial charge in [0.25, 0.3) is 0 Å². The van der Waals surface area contributed by atoms with Crippen molar-refractivity contribution < 1.29 is 4.74 Å². The molecule has 2 heteroatoms. The van der Waals surface area contributed by atoms with Crippen molar-refractivity contribution in [2.24, 2.45) is 17.1 Å². The minimum atomic E-state index is 0.514. The van der Waals surface area contributed by atoms with Gasteiger partial charge in [-0.15, -0.1) is 0 Å². The quantitative estimate of drug-likeness (QED) is 0.680. The smallest absolute Gasteiger partial charge is 0.0630 e. The predicted molar refractivity (Wildman–Crippen MR) is 48.9 cm³/mol. The zero-order valence-corrected chi connectivity index (χ0v) is 7.88. The average Bonchev–Trinajstić information content (AvgIpc) is 2.81. The van der Waals surface area contributed by atoms with Crippen LogP contribution in [0.25, 0.3) is 0 Å². The second kappa shape index (κ2) is 3.00. The highest BCUT2D eigenvalue weighted by atomic mass is 16.5. The third-order valence-electron chi connectivity index (χ3n) is 3.85. The predicted octanol–water partition coefficient (Wildman–Crippen LogP) is 1.54. The molecule has 70 valence electrons. The molecular weight excluding hydrogens is 150 g/mol. The van der Waals surface area contributed by atoms with E-state index in [-0.39, 0.29) is 0 Å². The molecule has 2 aliphatic rings. The van der Waals surface area contributed by atoms with Gasteiger partial charge in [-0.1, -0.05) is 12.8 Å². The van der Waals surface area contributed by atoms with Gasteiger partial charge in [0.05, 0.1) is 6.10 Å². The Bertz CT molecular complexity index is 171. The van der Waals surface area contributed by atoms with Crippen LogP contribution in [0.4, 0.5) is 0 Å². The van der Waals surface area contributed by atoms with Gasteiger partial charge in [-0.25, -0.2) is 0 Å². The summed E-state index contributed by atoms with van der Waals surface area (Å²) in [5, 5.41) is 0. The molecule has 2 N–H and O–H groups in total. The lowest BCUT2D eigenvalue weighted by Crippen LogP contribution is -2.31. The van der Waals surface area contributed by atoms with Gasteiger partial charge in [0.1, 0.15) is 0 Å². The van der Waals surface area contributed by atoms with E-state index in [2.05, 4.69) is 0 Å². The van der Waals surface area contributed by atoms with Gasteiger partial charge in [0, 0.05) is 12.5 Å². The third kappa shape index (κ3) is 1.09. The molecule has 0 bridgehead atoms. The van der Waals surface area contributed by atoms with E-state index in [4.69, 9.17) is 10.5 Å². The van der Waals surface area contributed by atoms with Crippen molar-refractivity contribution >= 4 is 0 Å². The van der Waals surface area contributed by atoms with Crippen LogP contribution in [0, 0.1) is 11.3 Å². The summed E-state index contributed by atoms with van der Waals surface area (Å²) in [6.45, 7) is 0.861. The first-order valence-electron chi connectivity index (χ1n) is 5.06. The Morgan fingerprint density at radius 2 is 2.33 bits per heavy atom. The van der Waals surface area contributed by atoms with Gasteiger partial charge in [-0.3, -0.25) is 0 Å². The molecular formula is C10H19NO. The second-order valence-electron chi connectivity index (χ2n) is 4.34. The van der Waals surface area contributed by atoms with Crippen molar-refractivity contribution in [3.05, 3.63) is 0 Å². The van der Waals surface area contributed by atoms with Crippen LogP contribution in [-0.4, -0.2) is 19.8 Å². The number of rotatable bonds is 2. The Labute approximate surface area is 74.5 Å². The summed E-state index contributed by atoms with van der Waals surface area (Å²) >= 11 is 0. The Morgan fingerprint density at radius 1 is 1.50 bits per heavy atom. The van der Waals surface area contributed by atoms with Crippen LogP contribution < -0.4 is 5.73 Å². The summed E-state index contributed by atoms with van der Waals surface area (Å²) in [6.07, 6.45) is 7.18. The van der Waals surface area contributed by atoms with Gasteiger partial charge >= 0.3 is 0 Å². The average molecular weight is 169 g/mol. The summed E-state index contributed by atoms with van der Waals surface area (Å²) in [5.41, 5.74) is 6.22. The molecule has 12 heavy (non-hydrogen) atoms. The Hall–Kier alpha value is -0.0800. The van der Waals surface area contributed by atoms with E-state index in [1.54, 1.807) is 0 Å². The van der Waals surface area contributed by atoms with Crippen LogP contribution in [0.1, 0.15) is 32.1 Å². The fourth-order valence-corrected chi connectivity index (χ4v) is 3.00. The first-order chi connectivity index (χ1) is 5.83. The lowest BCUT2D eigenvalue weighted by atomic mass is 9.81. The fraction of sp³-hybridized carbons (Fsp3) is 1.00. The third-order valence-corrected chi connectivity index (χ3v) is 3.85. The van der Waals surface area contributed by atoms with Crippen molar-refractivity contribution in [2.45, 2.75) is 38.2 Å². The molecule has 0 saturated heterocycles. The first kappa shape index (κ1) is 8.52. The van der Waals surface area contributed by atoms with Crippen molar-refractivity contribution in [1.29, 1.82) is 0 Å². The lowest BCUT2D eigenvalue weighted by molar-refractivity contribution is 0.00360. The molecule has 2 nitrogen and oxygen atoms in total. The SMILES string of the molecule is COC1CCCCC12CC2CN. The molecule has 0 aromatic carbocycles. The molecule has 0 aromatic heterocycles. The molecule has 3 atom stereocenters. The van der Waals surface area contributed by atoms with E-state index in [9.17, 15) is 0 Å². The summed E-state index contributed by atoms with van der Waals surface area (Å²) in [5.74, 6) is 0.766.